The molecule has 0 aromatic carbocycles. The van der Waals surface area contributed by atoms with Crippen LogP contribution in [0.4, 0.5) is 0 Å². The maximum atomic E-state index is 14.5. The molecular weight excluding hydrogens is 906 g/mol. The van der Waals surface area contributed by atoms with Crippen LogP contribution in [-0.4, -0.2) is 140 Å². The van der Waals surface area contributed by atoms with Crippen LogP contribution < -0.4 is 0 Å². The van der Waals surface area contributed by atoms with E-state index in [-0.39, 0.29) is 60.9 Å². The molecule has 2 bridgehead atoms. The summed E-state index contributed by atoms with van der Waals surface area (Å²) in [6, 6.07) is -1.16. The van der Waals surface area contributed by atoms with Gasteiger partial charge in [-0.1, -0.05) is 71.1 Å². The van der Waals surface area contributed by atoms with E-state index in [1.54, 1.807) is 54.4 Å². The highest BCUT2D eigenvalue weighted by Crippen LogP contribution is 2.45. The maximum Gasteiger partial charge on any atom is 0.329 e. The summed E-state index contributed by atoms with van der Waals surface area (Å²) in [7, 11) is 1.76. The third-order valence-corrected chi connectivity index (χ3v) is 15.6. The molecule has 0 aromatic rings. The zero-order valence-electron chi connectivity index (χ0n) is 43.4. The Morgan fingerprint density at radius 1 is 0.870 bits per heavy atom. The molecule has 15 nitrogen and oxygen atoms in total. The predicted octanol–water partition coefficient (Wildman–Crippen LogP) is 7.74. The van der Waals surface area contributed by atoms with E-state index in [1.807, 2.05) is 58.1 Å². The van der Waals surface area contributed by atoms with Crippen LogP contribution in [0, 0.1) is 35.5 Å². The molecule has 0 aromatic heterocycles. The number of hydrogen-bond acceptors (Lipinski definition) is 14. The number of carbonyl (C=O) groups is 5. The van der Waals surface area contributed by atoms with Gasteiger partial charge in [0.1, 0.15) is 18.2 Å². The van der Waals surface area contributed by atoms with Crippen molar-refractivity contribution in [3.63, 3.8) is 0 Å². The minimum absolute atomic E-state index is 0.0144. The lowest BCUT2D eigenvalue weighted by molar-refractivity contribution is -0.265. The zero-order chi connectivity index (χ0) is 51.4. The fourth-order valence-corrected chi connectivity index (χ4v) is 11.5. The van der Waals surface area contributed by atoms with Crippen LogP contribution in [0.3, 0.4) is 0 Å². The summed E-state index contributed by atoms with van der Waals surface area (Å²) in [5, 5.41) is 23.5. The van der Waals surface area contributed by atoms with E-state index in [9.17, 15) is 38.8 Å². The Hall–Kier alpha value is -3.14. The molecule has 4 rings (SSSR count). The molecule has 0 radical (unpaired) electrons. The van der Waals surface area contributed by atoms with Gasteiger partial charge < -0.3 is 43.3 Å². The Kier molecular flexibility index (Phi) is 22.5. The molecule has 69 heavy (non-hydrogen) atoms. The number of hydrogen-bond donors (Lipinski definition) is 2. The van der Waals surface area contributed by atoms with Gasteiger partial charge in [-0.3, -0.25) is 23.7 Å². The highest BCUT2D eigenvalue weighted by molar-refractivity contribution is 7.57. The van der Waals surface area contributed by atoms with Gasteiger partial charge in [0.15, 0.2) is 18.9 Å². The summed E-state index contributed by atoms with van der Waals surface area (Å²) in [6.45, 7) is 15.9. The number of carbonyl (C=O) groups excluding carboxylic acids is 5. The van der Waals surface area contributed by atoms with E-state index in [4.69, 9.17) is 28.2 Å². The number of ether oxygens (including phenoxy) is 5. The van der Waals surface area contributed by atoms with E-state index in [0.29, 0.717) is 63.4 Å². The van der Waals surface area contributed by atoms with Gasteiger partial charge in [-0.25, -0.2) is 4.79 Å². The van der Waals surface area contributed by atoms with Crippen LogP contribution in [0.2, 0.25) is 0 Å². The number of aliphatic hydroxyl groups is 2. The highest BCUT2D eigenvalue weighted by Gasteiger charge is 2.53. The molecule has 3 fully saturated rings. The van der Waals surface area contributed by atoms with E-state index in [1.165, 1.54) is 12.0 Å². The van der Waals surface area contributed by atoms with Gasteiger partial charge >= 0.3 is 5.97 Å². The number of aliphatic hydroxyl groups excluding tert-OH is 1. The molecule has 3 heterocycles. The molecule has 3 aliphatic heterocycles. The first-order chi connectivity index (χ1) is 32.4. The SMILES string of the molecule is CO[C@H]1CC2CC[C@@H](C)[C@@](O)(O2)C(=O)C(=O)N2CCCCC2C(=O)O[C@H]([C@H](C)C[C@@H]2CC[C@@H](OP(C)(C)=O)[C@H](OC)C2)CC(=O)C(C)=CC(C)[C@@H](O)[C@@H](OC)C(=O)[C@H](C)C[C@H](C)C=CC=CC=C1C. The van der Waals surface area contributed by atoms with E-state index >= 15 is 0 Å². The molecule has 0 spiro atoms. The molecule has 1 saturated carbocycles. The summed E-state index contributed by atoms with van der Waals surface area (Å²) in [5.41, 5.74) is 1.18. The third kappa shape index (κ3) is 16.2. The van der Waals surface area contributed by atoms with Gasteiger partial charge in [-0.05, 0) is 107 Å². The number of allylic oxidation sites excluding steroid dienone is 6. The number of fused-ring (bicyclic) bond motifs is 3. The lowest BCUT2D eigenvalue weighted by Crippen LogP contribution is -2.61. The third-order valence-electron chi connectivity index (χ3n) is 14.9. The summed E-state index contributed by atoms with van der Waals surface area (Å²) < 4.78 is 48.2. The number of methoxy groups -OCH3 is 3. The molecule has 1 amide bonds. The van der Waals surface area contributed by atoms with Crippen molar-refractivity contribution in [2.75, 3.05) is 41.2 Å². The number of nitrogens with zero attached hydrogens (tertiary/aromatic N) is 1. The molecule has 2 N–H and O–H groups in total. The number of piperidine rings is 1. The summed E-state index contributed by atoms with van der Waals surface area (Å²) in [4.78, 5) is 72.2. The standard InChI is InChI=1S/C53H84NO14P/c1-32-18-14-13-15-19-33(2)44(63-8)30-40-23-21-38(7)53(61,67-40)50(58)51(59)54-25-17-16-20-41(54)52(60)66-45(35(4)28-39-22-24-43(46(29-39)64-9)68-69(11,12)62)31-42(55)34(3)27-37(6)48(57)49(65-10)47(56)36(5)26-32/h13-15,18-19,27,32,35-41,43-46,48-49,57,61H,16-17,20-26,28-31H2,1-12H3/t32-,35-,36-,37?,38-,39+,40?,41?,43-,44+,45+,46-,48-,49+,53-/m1/s1. The first kappa shape index (κ1) is 58.4. The Labute approximate surface area is 411 Å². The van der Waals surface area contributed by atoms with Crippen molar-refractivity contribution in [3.05, 3.63) is 47.6 Å². The number of rotatable bonds is 8. The lowest BCUT2D eigenvalue weighted by Gasteiger charge is -2.42. The van der Waals surface area contributed by atoms with Gasteiger partial charge in [-0.15, -0.1) is 0 Å². The van der Waals surface area contributed by atoms with E-state index in [2.05, 4.69) is 0 Å². The van der Waals surface area contributed by atoms with Crippen LogP contribution >= 0.6 is 7.37 Å². The van der Waals surface area contributed by atoms with E-state index < -0.39 is 85.1 Å². The van der Waals surface area contributed by atoms with Crippen molar-refractivity contribution in [2.24, 2.45) is 35.5 Å². The molecule has 390 valence electrons. The molecule has 4 aliphatic rings. The number of amides is 1. The summed E-state index contributed by atoms with van der Waals surface area (Å²) in [5.74, 6) is -8.08. The Balaban J connectivity index is 1.70. The van der Waals surface area contributed by atoms with Crippen LogP contribution in [0.25, 0.3) is 0 Å². The van der Waals surface area contributed by atoms with Crippen LogP contribution in [0.15, 0.2) is 47.6 Å². The highest BCUT2D eigenvalue weighted by atomic mass is 31.2. The molecule has 15 atom stereocenters. The smallest absolute Gasteiger partial charge is 0.329 e. The van der Waals surface area contributed by atoms with Crippen LogP contribution in [0.1, 0.15) is 126 Å². The van der Waals surface area contributed by atoms with Gasteiger partial charge in [0, 0.05) is 71.8 Å². The second-order valence-corrected chi connectivity index (χ2v) is 23.6. The maximum absolute atomic E-state index is 14.5. The minimum atomic E-state index is -2.79. The Morgan fingerprint density at radius 3 is 2.23 bits per heavy atom. The second kappa shape index (κ2) is 26.5. The molecule has 1 aliphatic carbocycles. The average molecular weight is 990 g/mol. The van der Waals surface area contributed by atoms with Crippen LogP contribution in [-0.2, 0) is 56.7 Å². The first-order valence-corrected chi connectivity index (χ1v) is 27.7. The minimum Gasteiger partial charge on any atom is -0.460 e. The lowest BCUT2D eigenvalue weighted by atomic mass is 9.78. The van der Waals surface area contributed by atoms with Crippen molar-refractivity contribution in [2.45, 2.75) is 180 Å². The average Bonchev–Trinajstić information content (AvgIpc) is 3.30. The van der Waals surface area contributed by atoms with Crippen molar-refractivity contribution in [1.82, 2.24) is 4.90 Å². The van der Waals surface area contributed by atoms with Crippen molar-refractivity contribution in [1.29, 1.82) is 0 Å². The van der Waals surface area contributed by atoms with Gasteiger partial charge in [0.25, 0.3) is 11.7 Å². The fraction of sp³-hybridized carbons (Fsp3) is 0.755. The Morgan fingerprint density at radius 2 is 1.58 bits per heavy atom. The molecule has 16 heteroatoms. The largest absolute Gasteiger partial charge is 0.460 e. The summed E-state index contributed by atoms with van der Waals surface area (Å²) in [6.07, 6.45) is 11.4. The molecule has 2 saturated heterocycles. The number of ketones is 3. The van der Waals surface area contributed by atoms with Gasteiger partial charge in [0.05, 0.1) is 30.5 Å². The second-order valence-electron chi connectivity index (χ2n) is 20.9. The van der Waals surface area contributed by atoms with Gasteiger partial charge in [0.2, 0.25) is 5.79 Å². The topological polar surface area (TPSA) is 201 Å². The number of cyclic esters (lactones) is 1. The summed E-state index contributed by atoms with van der Waals surface area (Å²) >= 11 is 0. The predicted molar refractivity (Wildman–Crippen MR) is 263 cm³/mol. The monoisotopic (exact) mass is 990 g/mol. The first-order valence-electron chi connectivity index (χ1n) is 25.2. The van der Waals surface area contributed by atoms with E-state index in [0.717, 1.165) is 12.0 Å². The normalized spacial score (nSPS) is 36.6. The fourth-order valence-electron chi connectivity index (χ4n) is 10.6. The number of esters is 1. The van der Waals surface area contributed by atoms with Crippen molar-refractivity contribution in [3.8, 4) is 0 Å². The van der Waals surface area contributed by atoms with Crippen molar-refractivity contribution >= 4 is 36.6 Å². The zero-order valence-corrected chi connectivity index (χ0v) is 44.3. The van der Waals surface area contributed by atoms with Gasteiger partial charge in [-0.2, -0.15) is 0 Å². The quantitative estimate of drug-likeness (QED) is 0.136. The Bertz CT molecular complexity index is 1940. The molecular formula is C53H84NO14P. The van der Waals surface area contributed by atoms with Crippen molar-refractivity contribution < 1.29 is 67.0 Å². The van der Waals surface area contributed by atoms with Crippen LogP contribution in [0.5, 0.6) is 0 Å². The number of Topliss-reactive ketones (excluding diaryl/α,β-unsaturated/α-hetero) is 3. The molecule has 3 unspecified atom stereocenters.